The van der Waals surface area contributed by atoms with Crippen molar-refractivity contribution in [1.29, 1.82) is 0 Å². The van der Waals surface area contributed by atoms with Crippen LogP contribution in [0.25, 0.3) is 0 Å². The fourth-order valence-corrected chi connectivity index (χ4v) is 2.59. The van der Waals surface area contributed by atoms with E-state index in [0.717, 1.165) is 24.9 Å². The Labute approximate surface area is 103 Å². The van der Waals surface area contributed by atoms with E-state index < -0.39 is 0 Å². The van der Waals surface area contributed by atoms with Crippen LogP contribution in [-0.2, 0) is 4.74 Å². The van der Waals surface area contributed by atoms with E-state index in [4.69, 9.17) is 4.74 Å². The molecule has 0 bridgehead atoms. The third kappa shape index (κ3) is 4.74. The van der Waals surface area contributed by atoms with Crippen molar-refractivity contribution in [2.45, 2.75) is 40.2 Å². The first-order valence-corrected chi connectivity index (χ1v) is 7.04. The van der Waals surface area contributed by atoms with Gasteiger partial charge in [-0.05, 0) is 18.8 Å². The Hall–Kier alpha value is -0.220. The summed E-state index contributed by atoms with van der Waals surface area (Å²) in [6.45, 7) is 11.1. The summed E-state index contributed by atoms with van der Waals surface area (Å²) in [4.78, 5) is 4.53. The van der Waals surface area contributed by atoms with Gasteiger partial charge in [-0.1, -0.05) is 32.5 Å². The lowest BCUT2D eigenvalue weighted by Gasteiger charge is -2.35. The highest BCUT2D eigenvalue weighted by Crippen LogP contribution is 2.27. The molecule has 4 heteroatoms. The first-order chi connectivity index (χ1) is 7.54. The number of nitrogens with zero attached hydrogens (tertiary/aromatic N) is 1. The van der Waals surface area contributed by atoms with Gasteiger partial charge in [0.15, 0.2) is 5.17 Å². The third-order valence-corrected chi connectivity index (χ3v) is 3.64. The highest BCUT2D eigenvalue weighted by atomic mass is 32.2. The van der Waals surface area contributed by atoms with E-state index in [2.05, 4.69) is 31.1 Å². The highest BCUT2D eigenvalue weighted by Gasteiger charge is 2.28. The molecule has 3 nitrogen and oxygen atoms in total. The summed E-state index contributed by atoms with van der Waals surface area (Å²) >= 11 is 1.82. The van der Waals surface area contributed by atoms with Crippen molar-refractivity contribution in [3.8, 4) is 0 Å². The third-order valence-electron chi connectivity index (χ3n) is 2.68. The Balaban J connectivity index is 2.38. The van der Waals surface area contributed by atoms with Crippen LogP contribution in [-0.4, -0.2) is 36.7 Å². The first kappa shape index (κ1) is 13.8. The maximum Gasteiger partial charge on any atom is 0.156 e. The van der Waals surface area contributed by atoms with E-state index in [9.17, 15) is 0 Å². The molecule has 0 aromatic rings. The van der Waals surface area contributed by atoms with Gasteiger partial charge in [0.1, 0.15) is 0 Å². The number of aliphatic imine (C=N–C) groups is 1. The quantitative estimate of drug-likeness (QED) is 0.772. The summed E-state index contributed by atoms with van der Waals surface area (Å²) in [5, 5.41) is 4.62. The lowest BCUT2D eigenvalue weighted by molar-refractivity contribution is 0.155. The average molecular weight is 244 g/mol. The molecule has 1 N–H and O–H groups in total. The second-order valence-electron chi connectivity index (χ2n) is 5.08. The Bertz CT molecular complexity index is 236. The van der Waals surface area contributed by atoms with Crippen LogP contribution in [0.3, 0.4) is 0 Å². The van der Waals surface area contributed by atoms with Gasteiger partial charge in [-0.3, -0.25) is 4.99 Å². The van der Waals surface area contributed by atoms with Crippen LogP contribution in [0.1, 0.15) is 34.1 Å². The van der Waals surface area contributed by atoms with Gasteiger partial charge in [0.05, 0.1) is 13.2 Å². The Morgan fingerprint density at radius 1 is 1.50 bits per heavy atom. The molecule has 0 radical (unpaired) electrons. The van der Waals surface area contributed by atoms with E-state index >= 15 is 0 Å². The van der Waals surface area contributed by atoms with Gasteiger partial charge in [0.25, 0.3) is 0 Å². The molecule has 1 atom stereocenters. The minimum absolute atomic E-state index is 0.307. The zero-order valence-electron chi connectivity index (χ0n) is 10.9. The lowest BCUT2D eigenvalue weighted by atomic mass is 9.85. The Kier molecular flexibility index (Phi) is 5.62. The minimum Gasteiger partial charge on any atom is -0.380 e. The number of hydrogen-bond acceptors (Lipinski definition) is 3. The van der Waals surface area contributed by atoms with Crippen molar-refractivity contribution in [3.63, 3.8) is 0 Å². The van der Waals surface area contributed by atoms with E-state index in [1.54, 1.807) is 0 Å². The summed E-state index contributed by atoms with van der Waals surface area (Å²) in [5.74, 6) is 1.17. The van der Waals surface area contributed by atoms with Gasteiger partial charge >= 0.3 is 0 Å². The molecule has 0 aromatic carbocycles. The maximum absolute atomic E-state index is 5.27. The molecule has 1 unspecified atom stereocenters. The predicted molar refractivity (Wildman–Crippen MR) is 72.2 cm³/mol. The molecule has 1 heterocycles. The van der Waals surface area contributed by atoms with Crippen molar-refractivity contribution in [3.05, 3.63) is 0 Å². The maximum atomic E-state index is 5.27. The molecule has 1 fully saturated rings. The molecule has 94 valence electrons. The zero-order chi connectivity index (χ0) is 12.0. The standard InChI is InChI=1S/C12H24N2OS/c1-5-15-8-7-13-11-14-10(6-9-16-11)12(2,3)4/h10H,5-9H2,1-4H3,(H,13,14). The van der Waals surface area contributed by atoms with Crippen LogP contribution >= 0.6 is 11.8 Å². The summed E-state index contributed by atoms with van der Waals surface area (Å²) < 4.78 is 5.27. The molecular weight excluding hydrogens is 220 g/mol. The van der Waals surface area contributed by atoms with Crippen molar-refractivity contribution >= 4 is 16.9 Å². The second-order valence-corrected chi connectivity index (χ2v) is 6.17. The van der Waals surface area contributed by atoms with Gasteiger partial charge < -0.3 is 10.1 Å². The van der Waals surface area contributed by atoms with E-state index in [0.29, 0.717) is 11.5 Å². The summed E-state index contributed by atoms with van der Waals surface area (Å²) in [6.07, 6.45) is 1.22. The molecule has 0 amide bonds. The average Bonchev–Trinajstić information content (AvgIpc) is 2.24. The van der Waals surface area contributed by atoms with Crippen molar-refractivity contribution in [2.24, 2.45) is 10.4 Å². The highest BCUT2D eigenvalue weighted by molar-refractivity contribution is 8.13. The van der Waals surface area contributed by atoms with Gasteiger partial charge in [0.2, 0.25) is 0 Å². The second kappa shape index (κ2) is 6.50. The summed E-state index contributed by atoms with van der Waals surface area (Å²) in [6, 6.07) is 0.541. The van der Waals surface area contributed by atoms with Crippen LogP contribution in [0.15, 0.2) is 4.99 Å². The molecule has 1 aliphatic rings. The van der Waals surface area contributed by atoms with E-state index in [1.165, 1.54) is 12.2 Å². The van der Waals surface area contributed by atoms with Crippen LogP contribution in [0.5, 0.6) is 0 Å². The molecule has 1 rings (SSSR count). The molecule has 16 heavy (non-hydrogen) atoms. The van der Waals surface area contributed by atoms with Gasteiger partial charge in [-0.25, -0.2) is 0 Å². The Morgan fingerprint density at radius 3 is 2.88 bits per heavy atom. The molecular formula is C12H24N2OS. The van der Waals surface area contributed by atoms with Crippen LogP contribution in [0.4, 0.5) is 0 Å². The number of ether oxygens (including phenoxy) is 1. The largest absolute Gasteiger partial charge is 0.380 e. The van der Waals surface area contributed by atoms with Crippen molar-refractivity contribution < 1.29 is 4.74 Å². The molecule has 1 aliphatic heterocycles. The van der Waals surface area contributed by atoms with Crippen LogP contribution in [0, 0.1) is 5.41 Å². The SMILES string of the molecule is CCOCCN=C1NC(C(C)(C)C)CCS1. The topological polar surface area (TPSA) is 33.6 Å². The number of rotatable bonds is 4. The fourth-order valence-electron chi connectivity index (χ4n) is 1.63. The van der Waals surface area contributed by atoms with Crippen LogP contribution < -0.4 is 5.32 Å². The molecule has 1 saturated heterocycles. The minimum atomic E-state index is 0.307. The fraction of sp³-hybridized carbons (Fsp3) is 0.917. The zero-order valence-corrected chi connectivity index (χ0v) is 11.7. The number of amidine groups is 1. The van der Waals surface area contributed by atoms with Gasteiger partial charge in [-0.15, -0.1) is 0 Å². The first-order valence-electron chi connectivity index (χ1n) is 6.05. The lowest BCUT2D eigenvalue weighted by Crippen LogP contribution is -2.46. The smallest absolute Gasteiger partial charge is 0.156 e. The molecule has 0 spiro atoms. The van der Waals surface area contributed by atoms with Crippen LogP contribution in [0.2, 0.25) is 0 Å². The van der Waals surface area contributed by atoms with E-state index in [-0.39, 0.29) is 0 Å². The van der Waals surface area contributed by atoms with Gasteiger partial charge in [0, 0.05) is 18.4 Å². The van der Waals surface area contributed by atoms with Crippen molar-refractivity contribution in [2.75, 3.05) is 25.5 Å². The van der Waals surface area contributed by atoms with Crippen molar-refractivity contribution in [1.82, 2.24) is 5.32 Å². The van der Waals surface area contributed by atoms with Gasteiger partial charge in [-0.2, -0.15) is 0 Å². The molecule has 0 aliphatic carbocycles. The molecule has 0 saturated carbocycles. The summed E-state index contributed by atoms with van der Waals surface area (Å²) in [7, 11) is 0. The molecule has 0 aromatic heterocycles. The predicted octanol–water partition coefficient (Wildman–Crippen LogP) is 2.52. The monoisotopic (exact) mass is 244 g/mol. The summed E-state index contributed by atoms with van der Waals surface area (Å²) in [5.41, 5.74) is 0.307. The number of thioether (sulfide) groups is 1. The number of hydrogen-bond donors (Lipinski definition) is 1. The van der Waals surface area contributed by atoms with E-state index in [1.807, 2.05) is 18.7 Å². The number of nitrogens with one attached hydrogen (secondary N) is 1. The normalized spacial score (nSPS) is 24.5. The Morgan fingerprint density at radius 2 is 2.25 bits per heavy atom.